The largest absolute Gasteiger partial charge is 0.497 e. The van der Waals surface area contributed by atoms with E-state index in [9.17, 15) is 0 Å². The third-order valence-electron chi connectivity index (χ3n) is 4.29. The monoisotopic (exact) mass is 285 g/mol. The van der Waals surface area contributed by atoms with E-state index in [0.717, 1.165) is 29.9 Å². The molecule has 0 bridgehead atoms. The highest BCUT2D eigenvalue weighted by Gasteiger charge is 2.19. The van der Waals surface area contributed by atoms with Crippen LogP contribution in [0.3, 0.4) is 0 Å². The number of nitrogens with zero attached hydrogens (tertiary/aromatic N) is 1. The molecule has 0 radical (unpaired) electrons. The van der Waals surface area contributed by atoms with Crippen LogP contribution in [0.25, 0.3) is 10.9 Å². The third-order valence-corrected chi connectivity index (χ3v) is 4.29. The summed E-state index contributed by atoms with van der Waals surface area (Å²) in [4.78, 5) is 4.73. The summed E-state index contributed by atoms with van der Waals surface area (Å²) in [5.41, 5.74) is 8.26. The zero-order valence-corrected chi connectivity index (χ0v) is 12.7. The lowest BCUT2D eigenvalue weighted by Crippen LogP contribution is -2.35. The summed E-state index contributed by atoms with van der Waals surface area (Å²) in [7, 11) is 1.68. The molecule has 0 amide bonds. The maximum Gasteiger partial charge on any atom is 0.127 e. The number of benzene rings is 1. The van der Waals surface area contributed by atoms with Crippen LogP contribution in [-0.4, -0.2) is 24.2 Å². The normalized spacial score (nSPS) is 22.2. The molecule has 0 aliphatic heterocycles. The van der Waals surface area contributed by atoms with Gasteiger partial charge in [0.05, 0.1) is 12.6 Å². The maximum absolute atomic E-state index is 6.06. The number of fused-ring (bicyclic) bond motifs is 1. The summed E-state index contributed by atoms with van der Waals surface area (Å²) in [6, 6.07) is 8.90. The van der Waals surface area contributed by atoms with Gasteiger partial charge in [-0.2, -0.15) is 0 Å². The third kappa shape index (κ3) is 3.10. The van der Waals surface area contributed by atoms with Gasteiger partial charge < -0.3 is 15.8 Å². The highest BCUT2D eigenvalue weighted by atomic mass is 16.5. The van der Waals surface area contributed by atoms with Gasteiger partial charge in [-0.1, -0.05) is 0 Å². The minimum atomic E-state index is 0.317. The highest BCUT2D eigenvalue weighted by molar-refractivity contribution is 5.85. The van der Waals surface area contributed by atoms with Gasteiger partial charge in [0.25, 0.3) is 0 Å². The molecule has 4 nitrogen and oxygen atoms in total. The predicted molar refractivity (Wildman–Crippen MR) is 86.9 cm³/mol. The summed E-state index contributed by atoms with van der Waals surface area (Å²) in [5, 5.41) is 4.72. The van der Waals surface area contributed by atoms with Crippen LogP contribution in [0.4, 0.5) is 5.82 Å². The molecule has 1 aromatic heterocycles. The summed E-state index contributed by atoms with van der Waals surface area (Å²) in [6.45, 7) is 2.12. The number of aromatic nitrogens is 1. The Kier molecular flexibility index (Phi) is 3.97. The van der Waals surface area contributed by atoms with E-state index < -0.39 is 0 Å². The smallest absolute Gasteiger partial charge is 0.127 e. The van der Waals surface area contributed by atoms with Crippen LogP contribution < -0.4 is 15.8 Å². The summed E-state index contributed by atoms with van der Waals surface area (Å²) < 4.78 is 5.29. The molecule has 1 aliphatic carbocycles. The highest BCUT2D eigenvalue weighted by Crippen LogP contribution is 2.26. The molecule has 0 unspecified atom stereocenters. The van der Waals surface area contributed by atoms with Crippen molar-refractivity contribution in [3.63, 3.8) is 0 Å². The SMILES string of the molecule is COc1ccc2c(C)cc(N[C@H]3CCC[C@H](N)C3)nc2c1. The fourth-order valence-corrected chi connectivity index (χ4v) is 3.15. The quantitative estimate of drug-likeness (QED) is 0.909. The van der Waals surface area contributed by atoms with Crippen LogP contribution in [-0.2, 0) is 0 Å². The number of rotatable bonds is 3. The van der Waals surface area contributed by atoms with Gasteiger partial charge in [-0.25, -0.2) is 4.98 Å². The first-order chi connectivity index (χ1) is 10.2. The topological polar surface area (TPSA) is 60.2 Å². The fourth-order valence-electron chi connectivity index (χ4n) is 3.15. The van der Waals surface area contributed by atoms with Gasteiger partial charge in [0.15, 0.2) is 0 Å². The number of aryl methyl sites for hydroxylation is 1. The molecule has 0 saturated heterocycles. The van der Waals surface area contributed by atoms with Gasteiger partial charge in [-0.3, -0.25) is 0 Å². The van der Waals surface area contributed by atoms with Crippen molar-refractivity contribution >= 4 is 16.7 Å². The van der Waals surface area contributed by atoms with Crippen molar-refractivity contribution in [2.75, 3.05) is 12.4 Å². The van der Waals surface area contributed by atoms with Crippen molar-refractivity contribution in [3.8, 4) is 5.75 Å². The second-order valence-corrected chi connectivity index (χ2v) is 5.98. The van der Waals surface area contributed by atoms with E-state index in [0.29, 0.717) is 12.1 Å². The Morgan fingerprint density at radius 3 is 2.90 bits per heavy atom. The predicted octanol–water partition coefficient (Wildman–Crippen LogP) is 3.23. The fraction of sp³-hybridized carbons (Fsp3) is 0.471. The molecule has 21 heavy (non-hydrogen) atoms. The van der Waals surface area contributed by atoms with Crippen molar-refractivity contribution < 1.29 is 4.74 Å². The summed E-state index contributed by atoms with van der Waals surface area (Å²) in [5.74, 6) is 1.78. The van der Waals surface area contributed by atoms with Crippen LogP contribution in [0.15, 0.2) is 24.3 Å². The number of ether oxygens (including phenoxy) is 1. The molecule has 1 aliphatic rings. The van der Waals surface area contributed by atoms with Crippen LogP contribution in [0.2, 0.25) is 0 Å². The molecule has 1 heterocycles. The molecule has 1 aromatic carbocycles. The molecular weight excluding hydrogens is 262 g/mol. The van der Waals surface area contributed by atoms with E-state index in [-0.39, 0.29) is 0 Å². The minimum Gasteiger partial charge on any atom is -0.497 e. The zero-order valence-electron chi connectivity index (χ0n) is 12.7. The number of nitrogens with one attached hydrogen (secondary N) is 1. The van der Waals surface area contributed by atoms with Crippen LogP contribution in [0, 0.1) is 6.92 Å². The Morgan fingerprint density at radius 1 is 1.29 bits per heavy atom. The Bertz CT molecular complexity index is 641. The van der Waals surface area contributed by atoms with Crippen molar-refractivity contribution in [2.24, 2.45) is 5.73 Å². The molecule has 112 valence electrons. The first-order valence-corrected chi connectivity index (χ1v) is 7.63. The average Bonchev–Trinajstić information content (AvgIpc) is 2.46. The first kappa shape index (κ1) is 14.1. The Morgan fingerprint density at radius 2 is 2.14 bits per heavy atom. The molecule has 2 aromatic rings. The van der Waals surface area contributed by atoms with Gasteiger partial charge in [-0.15, -0.1) is 0 Å². The van der Waals surface area contributed by atoms with E-state index in [1.165, 1.54) is 23.8 Å². The van der Waals surface area contributed by atoms with Crippen LogP contribution in [0.5, 0.6) is 5.75 Å². The molecule has 1 fully saturated rings. The van der Waals surface area contributed by atoms with E-state index in [1.807, 2.05) is 12.1 Å². The number of nitrogens with two attached hydrogens (primary N) is 1. The summed E-state index contributed by atoms with van der Waals surface area (Å²) in [6.07, 6.45) is 4.53. The molecule has 0 spiro atoms. The van der Waals surface area contributed by atoms with Crippen molar-refractivity contribution in [1.82, 2.24) is 4.98 Å². The molecule has 3 N–H and O–H groups in total. The second-order valence-electron chi connectivity index (χ2n) is 5.98. The lowest BCUT2D eigenvalue weighted by molar-refractivity contribution is 0.409. The number of hydrogen-bond donors (Lipinski definition) is 2. The van der Waals surface area contributed by atoms with Crippen LogP contribution >= 0.6 is 0 Å². The van der Waals surface area contributed by atoms with Crippen molar-refractivity contribution in [3.05, 3.63) is 29.8 Å². The first-order valence-electron chi connectivity index (χ1n) is 7.63. The minimum absolute atomic E-state index is 0.317. The van der Waals surface area contributed by atoms with E-state index in [1.54, 1.807) is 7.11 Å². The molecule has 1 saturated carbocycles. The second kappa shape index (κ2) is 5.90. The average molecular weight is 285 g/mol. The Hall–Kier alpha value is -1.81. The lowest BCUT2D eigenvalue weighted by atomic mass is 9.91. The van der Waals surface area contributed by atoms with E-state index in [4.69, 9.17) is 15.5 Å². The number of pyridine rings is 1. The van der Waals surface area contributed by atoms with Gasteiger partial charge in [-0.05, 0) is 56.4 Å². The van der Waals surface area contributed by atoms with Crippen LogP contribution in [0.1, 0.15) is 31.2 Å². The number of anilines is 1. The lowest BCUT2D eigenvalue weighted by Gasteiger charge is -2.28. The maximum atomic E-state index is 6.06. The number of methoxy groups -OCH3 is 1. The van der Waals surface area contributed by atoms with Gasteiger partial charge in [0.1, 0.15) is 11.6 Å². The standard InChI is InChI=1S/C17H23N3O/c1-11-8-17(19-13-5-3-4-12(18)9-13)20-16-10-14(21-2)6-7-15(11)16/h6-8,10,12-13H,3-5,9,18H2,1-2H3,(H,19,20)/t12-,13-/m0/s1. The van der Waals surface area contributed by atoms with Gasteiger partial charge in [0, 0.05) is 23.5 Å². The Balaban J connectivity index is 1.88. The van der Waals surface area contributed by atoms with E-state index >= 15 is 0 Å². The van der Waals surface area contributed by atoms with Gasteiger partial charge in [0.2, 0.25) is 0 Å². The number of hydrogen-bond acceptors (Lipinski definition) is 4. The van der Waals surface area contributed by atoms with Crippen molar-refractivity contribution in [2.45, 2.75) is 44.7 Å². The van der Waals surface area contributed by atoms with Gasteiger partial charge >= 0.3 is 0 Å². The molecule has 2 atom stereocenters. The van der Waals surface area contributed by atoms with Crippen molar-refractivity contribution in [1.29, 1.82) is 0 Å². The zero-order chi connectivity index (χ0) is 14.8. The summed E-state index contributed by atoms with van der Waals surface area (Å²) >= 11 is 0. The Labute approximate surface area is 125 Å². The molecule has 4 heteroatoms. The molecule has 3 rings (SSSR count). The van der Waals surface area contributed by atoms with E-state index in [2.05, 4.69) is 24.4 Å². The molecular formula is C17H23N3O.